The van der Waals surface area contributed by atoms with Gasteiger partial charge in [0.2, 0.25) is 17.7 Å². The Labute approximate surface area is 212 Å². The Hall–Kier alpha value is -2.06. The van der Waals surface area contributed by atoms with Gasteiger partial charge in [0.25, 0.3) is 0 Å². The van der Waals surface area contributed by atoms with Gasteiger partial charge in [0.1, 0.15) is 6.04 Å². The minimum atomic E-state index is -0.756. The maximum Gasteiger partial charge on any atom is 0.248 e. The largest absolute Gasteiger partial charge is 0.394 e. The van der Waals surface area contributed by atoms with Crippen LogP contribution in [-0.2, 0) is 14.4 Å². The van der Waals surface area contributed by atoms with Crippen molar-refractivity contribution in [2.45, 2.75) is 76.5 Å². The van der Waals surface area contributed by atoms with Crippen LogP contribution in [0.4, 0.5) is 5.69 Å². The normalized spacial score (nSPS) is 32.2. The molecule has 3 fully saturated rings. The van der Waals surface area contributed by atoms with Gasteiger partial charge in [-0.25, -0.2) is 0 Å². The van der Waals surface area contributed by atoms with Crippen molar-refractivity contribution < 1.29 is 19.5 Å². The number of thioether (sulfide) groups is 1. The number of aryl methyl sites for hydroxylation is 2. The number of anilines is 1. The average molecular weight is 502 g/mol. The molecule has 1 spiro atoms. The molecule has 8 heteroatoms. The fraction of sp³-hybridized carbons (Fsp3) is 0.667. The van der Waals surface area contributed by atoms with Gasteiger partial charge in [0, 0.05) is 17.5 Å². The fourth-order valence-corrected chi connectivity index (χ4v) is 8.88. The van der Waals surface area contributed by atoms with Crippen LogP contribution in [0.3, 0.4) is 0 Å². The van der Waals surface area contributed by atoms with Crippen molar-refractivity contribution in [3.63, 3.8) is 0 Å². The second-order valence-electron chi connectivity index (χ2n) is 10.9. The van der Waals surface area contributed by atoms with Crippen LogP contribution in [-0.4, -0.2) is 63.0 Å². The number of benzene rings is 1. The summed E-state index contributed by atoms with van der Waals surface area (Å²) in [4.78, 5) is 43.1. The quantitative estimate of drug-likeness (QED) is 0.508. The van der Waals surface area contributed by atoms with Gasteiger partial charge < -0.3 is 20.6 Å². The number of aliphatic hydroxyl groups excluding tert-OH is 1. The number of hydrogen-bond donors (Lipinski definition) is 3. The van der Waals surface area contributed by atoms with Gasteiger partial charge >= 0.3 is 0 Å². The molecule has 7 atom stereocenters. The maximum absolute atomic E-state index is 14.1. The van der Waals surface area contributed by atoms with Crippen LogP contribution in [0.2, 0.25) is 0 Å². The van der Waals surface area contributed by atoms with Crippen molar-refractivity contribution in [1.82, 2.24) is 10.2 Å². The lowest BCUT2D eigenvalue weighted by molar-refractivity contribution is -0.143. The Morgan fingerprint density at radius 2 is 1.97 bits per heavy atom. The molecular formula is C27H39N3O4S. The predicted octanol–water partition coefficient (Wildman–Crippen LogP) is 3.12. The summed E-state index contributed by atoms with van der Waals surface area (Å²) in [5, 5.41) is 16.5. The number of fused-ring (bicyclic) bond motifs is 1. The molecule has 3 heterocycles. The van der Waals surface area contributed by atoms with Crippen LogP contribution >= 0.6 is 11.8 Å². The first-order valence-corrected chi connectivity index (χ1v) is 13.7. The van der Waals surface area contributed by atoms with Gasteiger partial charge in [0.15, 0.2) is 0 Å². The maximum atomic E-state index is 14.1. The van der Waals surface area contributed by atoms with Crippen LogP contribution in [0.25, 0.3) is 0 Å². The van der Waals surface area contributed by atoms with Crippen LogP contribution in [0.5, 0.6) is 0 Å². The molecule has 3 amide bonds. The molecule has 3 N–H and O–H groups in total. The number of rotatable bonds is 8. The number of carbonyl (C=O) groups excluding carboxylic acids is 3. The molecule has 35 heavy (non-hydrogen) atoms. The summed E-state index contributed by atoms with van der Waals surface area (Å²) in [7, 11) is 0. The first-order valence-electron chi connectivity index (χ1n) is 12.8. The van der Waals surface area contributed by atoms with E-state index in [1.807, 2.05) is 52.8 Å². The number of hydrogen-bond acceptors (Lipinski definition) is 5. The lowest BCUT2D eigenvalue weighted by atomic mass is 9.66. The lowest BCUT2D eigenvalue weighted by Gasteiger charge is -2.41. The topological polar surface area (TPSA) is 98.7 Å². The second-order valence-corrected chi connectivity index (χ2v) is 12.4. The van der Waals surface area contributed by atoms with Crippen molar-refractivity contribution in [3.8, 4) is 0 Å². The number of likely N-dealkylation sites (tertiary alicyclic amines) is 1. The van der Waals surface area contributed by atoms with Crippen LogP contribution in [0, 0.1) is 37.5 Å². The minimum absolute atomic E-state index is 0.0144. The molecule has 3 aliphatic heterocycles. The average Bonchev–Trinajstić information content (AvgIpc) is 3.39. The van der Waals surface area contributed by atoms with Crippen molar-refractivity contribution >= 4 is 35.2 Å². The zero-order chi connectivity index (χ0) is 25.7. The Morgan fingerprint density at radius 3 is 2.60 bits per heavy atom. The SMILES string of the molecule is CCCNC(=O)[C@@H]1[C@H]2C(=O)N([C@@H](CO)C(C)C)C(C(=O)Nc3cc(C)ccc3C)C23S[C@@H]1CC3C. The third-order valence-corrected chi connectivity index (χ3v) is 10.3. The number of amides is 3. The van der Waals surface area contributed by atoms with Gasteiger partial charge in [-0.3, -0.25) is 14.4 Å². The number of aliphatic hydroxyl groups is 1. The van der Waals surface area contributed by atoms with Crippen LogP contribution < -0.4 is 10.6 Å². The third-order valence-electron chi connectivity index (χ3n) is 8.25. The van der Waals surface area contributed by atoms with E-state index in [1.165, 1.54) is 0 Å². The van der Waals surface area contributed by atoms with Crippen molar-refractivity contribution in [2.75, 3.05) is 18.5 Å². The molecule has 1 aromatic rings. The zero-order valence-electron chi connectivity index (χ0n) is 21.6. The highest BCUT2D eigenvalue weighted by atomic mass is 32.2. The molecule has 0 saturated carbocycles. The Bertz CT molecular complexity index is 1010. The van der Waals surface area contributed by atoms with Crippen molar-refractivity contribution in [2.24, 2.45) is 23.7 Å². The monoisotopic (exact) mass is 501 g/mol. The number of carbonyl (C=O) groups is 3. The smallest absolute Gasteiger partial charge is 0.248 e. The van der Waals surface area contributed by atoms with Crippen LogP contribution in [0.1, 0.15) is 51.7 Å². The van der Waals surface area contributed by atoms with Gasteiger partial charge in [-0.05, 0) is 55.7 Å². The molecule has 2 bridgehead atoms. The molecule has 3 unspecified atom stereocenters. The highest BCUT2D eigenvalue weighted by Crippen LogP contribution is 2.69. The molecule has 0 aromatic heterocycles. The molecule has 1 aromatic carbocycles. The minimum Gasteiger partial charge on any atom is -0.394 e. The molecule has 0 radical (unpaired) electrons. The van der Waals surface area contributed by atoms with Gasteiger partial charge in [-0.15, -0.1) is 11.8 Å². The molecular weight excluding hydrogens is 462 g/mol. The summed E-state index contributed by atoms with van der Waals surface area (Å²) in [5.74, 6) is -1.46. The lowest BCUT2D eigenvalue weighted by Crippen LogP contribution is -2.58. The summed E-state index contributed by atoms with van der Waals surface area (Å²) >= 11 is 1.66. The fourth-order valence-electron chi connectivity index (χ4n) is 6.47. The number of nitrogens with one attached hydrogen (secondary N) is 2. The molecule has 0 aliphatic carbocycles. The second kappa shape index (κ2) is 9.77. The predicted molar refractivity (Wildman–Crippen MR) is 139 cm³/mol. The van der Waals surface area contributed by atoms with Gasteiger partial charge in [-0.1, -0.05) is 39.8 Å². The van der Waals surface area contributed by atoms with Crippen molar-refractivity contribution in [1.29, 1.82) is 0 Å². The molecule has 3 saturated heterocycles. The standard InChI is InChI=1S/C27H39N3O4S/c1-7-10-28-24(32)21-20-12-17(6)27(35-20)22(21)26(34)30(19(13-31)14(2)3)23(27)25(33)29-18-11-15(4)8-9-16(18)5/h8-9,11,14,17,19-23,31H,7,10,12-13H2,1-6H3,(H,28,32)(H,29,33)/t17?,19-,20+,21-,22-,23?,27?/m0/s1. The third kappa shape index (κ3) is 4.06. The molecule has 192 valence electrons. The van der Waals surface area contributed by atoms with E-state index in [0.717, 1.165) is 29.7 Å². The van der Waals surface area contributed by atoms with E-state index in [1.54, 1.807) is 16.7 Å². The van der Waals surface area contributed by atoms with E-state index in [-0.39, 0.29) is 41.4 Å². The zero-order valence-corrected chi connectivity index (χ0v) is 22.4. The van der Waals surface area contributed by atoms with E-state index < -0.39 is 28.7 Å². The Kier molecular flexibility index (Phi) is 7.26. The number of nitrogens with zero attached hydrogens (tertiary/aromatic N) is 1. The van der Waals surface area contributed by atoms with E-state index in [9.17, 15) is 19.5 Å². The summed E-state index contributed by atoms with van der Waals surface area (Å²) in [6.45, 7) is 12.3. The summed E-state index contributed by atoms with van der Waals surface area (Å²) in [5.41, 5.74) is 2.72. The Morgan fingerprint density at radius 1 is 1.26 bits per heavy atom. The summed E-state index contributed by atoms with van der Waals surface area (Å²) < 4.78 is -0.694. The summed E-state index contributed by atoms with van der Waals surface area (Å²) in [6, 6.07) is 4.67. The molecule has 3 aliphatic rings. The Balaban J connectivity index is 1.79. The van der Waals surface area contributed by atoms with Crippen molar-refractivity contribution in [3.05, 3.63) is 29.3 Å². The molecule has 7 nitrogen and oxygen atoms in total. The van der Waals surface area contributed by atoms with E-state index in [4.69, 9.17) is 0 Å². The van der Waals surface area contributed by atoms with Crippen LogP contribution in [0.15, 0.2) is 18.2 Å². The first-order chi connectivity index (χ1) is 16.6. The highest BCUT2D eigenvalue weighted by Gasteiger charge is 2.76. The van der Waals surface area contributed by atoms with E-state index in [0.29, 0.717) is 6.54 Å². The first kappa shape index (κ1) is 26.0. The highest BCUT2D eigenvalue weighted by molar-refractivity contribution is 8.02. The van der Waals surface area contributed by atoms with Gasteiger partial charge in [-0.2, -0.15) is 0 Å². The van der Waals surface area contributed by atoms with E-state index in [2.05, 4.69) is 17.6 Å². The van der Waals surface area contributed by atoms with Gasteiger partial charge in [0.05, 0.1) is 29.2 Å². The summed E-state index contributed by atoms with van der Waals surface area (Å²) in [6.07, 6.45) is 1.62. The molecule has 4 rings (SSSR count). The van der Waals surface area contributed by atoms with E-state index >= 15 is 0 Å².